The van der Waals surface area contributed by atoms with E-state index in [1.165, 1.54) is 19.3 Å². The molecule has 2 rings (SSSR count). The van der Waals surface area contributed by atoms with Crippen LogP contribution in [0.5, 0.6) is 0 Å². The number of nitrogens with zero attached hydrogens (tertiary/aromatic N) is 1. The molecule has 2 atom stereocenters. The maximum atomic E-state index is 11.6. The number of rotatable bonds is 0. The summed E-state index contributed by atoms with van der Waals surface area (Å²) >= 11 is 0. The molecule has 0 radical (unpaired) electrons. The molecule has 2 aliphatic heterocycles. The van der Waals surface area contributed by atoms with Gasteiger partial charge >= 0.3 is 0 Å². The SMILES string of the molecule is CC1CCC2(C)CCCC(=O)N12. The lowest BCUT2D eigenvalue weighted by Gasteiger charge is -2.41. The molecule has 1 amide bonds. The Morgan fingerprint density at radius 2 is 2.25 bits per heavy atom. The van der Waals surface area contributed by atoms with E-state index in [0.29, 0.717) is 11.9 Å². The van der Waals surface area contributed by atoms with Crippen LogP contribution in [0.4, 0.5) is 0 Å². The standard InChI is InChI=1S/C10H17NO/c1-8-5-7-10(2)6-3-4-9(12)11(8)10/h8H,3-7H2,1-2H3. The average Bonchev–Trinajstić information content (AvgIpc) is 2.29. The third-order valence-corrected chi connectivity index (χ3v) is 3.50. The van der Waals surface area contributed by atoms with Crippen LogP contribution in [0.3, 0.4) is 0 Å². The van der Waals surface area contributed by atoms with Crippen LogP contribution in [0.15, 0.2) is 0 Å². The Morgan fingerprint density at radius 1 is 1.50 bits per heavy atom. The van der Waals surface area contributed by atoms with Gasteiger partial charge in [-0.2, -0.15) is 0 Å². The summed E-state index contributed by atoms with van der Waals surface area (Å²) in [5.74, 6) is 0.383. The molecule has 2 heteroatoms. The Hall–Kier alpha value is -0.530. The van der Waals surface area contributed by atoms with E-state index in [1.54, 1.807) is 0 Å². The summed E-state index contributed by atoms with van der Waals surface area (Å²) in [6.07, 6.45) is 5.49. The van der Waals surface area contributed by atoms with Crippen molar-refractivity contribution in [2.45, 2.75) is 57.5 Å². The van der Waals surface area contributed by atoms with E-state index in [-0.39, 0.29) is 5.54 Å². The zero-order valence-electron chi connectivity index (χ0n) is 7.97. The first-order chi connectivity index (χ1) is 5.63. The summed E-state index contributed by atoms with van der Waals surface area (Å²) in [5.41, 5.74) is 0.217. The molecule has 2 fully saturated rings. The molecule has 0 bridgehead atoms. The van der Waals surface area contributed by atoms with Gasteiger partial charge < -0.3 is 4.90 Å². The third kappa shape index (κ3) is 0.970. The normalized spacial score (nSPS) is 41.7. The van der Waals surface area contributed by atoms with Crippen molar-refractivity contribution in [1.29, 1.82) is 0 Å². The zero-order chi connectivity index (χ0) is 8.77. The second-order valence-corrected chi connectivity index (χ2v) is 4.50. The molecule has 0 spiro atoms. The molecule has 68 valence electrons. The van der Waals surface area contributed by atoms with Gasteiger partial charge in [0, 0.05) is 18.0 Å². The molecule has 0 aromatic rings. The van der Waals surface area contributed by atoms with Gasteiger partial charge in [-0.15, -0.1) is 0 Å². The van der Waals surface area contributed by atoms with E-state index in [0.717, 1.165) is 12.8 Å². The Bertz CT molecular complexity index is 210. The van der Waals surface area contributed by atoms with Crippen LogP contribution in [0.25, 0.3) is 0 Å². The minimum atomic E-state index is 0.217. The van der Waals surface area contributed by atoms with E-state index in [2.05, 4.69) is 18.7 Å². The van der Waals surface area contributed by atoms with Crippen LogP contribution in [-0.2, 0) is 4.79 Å². The van der Waals surface area contributed by atoms with Crippen LogP contribution >= 0.6 is 0 Å². The third-order valence-electron chi connectivity index (χ3n) is 3.50. The second-order valence-electron chi connectivity index (χ2n) is 4.50. The Kier molecular flexibility index (Phi) is 1.67. The van der Waals surface area contributed by atoms with E-state index in [1.807, 2.05) is 0 Å². The summed E-state index contributed by atoms with van der Waals surface area (Å²) in [6, 6.07) is 0.489. The molecular formula is C10H17NO. The monoisotopic (exact) mass is 167 g/mol. The number of fused-ring (bicyclic) bond motifs is 1. The summed E-state index contributed by atoms with van der Waals surface area (Å²) in [4.78, 5) is 13.8. The van der Waals surface area contributed by atoms with Gasteiger partial charge in [-0.05, 0) is 39.5 Å². The first kappa shape index (κ1) is 8.09. The molecule has 0 aromatic carbocycles. The predicted octanol–water partition coefficient (Wildman–Crippen LogP) is 1.94. The summed E-state index contributed by atoms with van der Waals surface area (Å²) < 4.78 is 0. The van der Waals surface area contributed by atoms with Crippen LogP contribution in [0.2, 0.25) is 0 Å². The quantitative estimate of drug-likeness (QED) is 0.540. The lowest BCUT2D eigenvalue weighted by atomic mass is 9.88. The first-order valence-electron chi connectivity index (χ1n) is 4.96. The van der Waals surface area contributed by atoms with Gasteiger partial charge in [0.2, 0.25) is 5.91 Å². The highest BCUT2D eigenvalue weighted by Gasteiger charge is 2.45. The van der Waals surface area contributed by atoms with Crippen molar-refractivity contribution >= 4 is 5.91 Å². The highest BCUT2D eigenvalue weighted by atomic mass is 16.2. The van der Waals surface area contributed by atoms with Gasteiger partial charge in [0.15, 0.2) is 0 Å². The molecule has 2 saturated heterocycles. The van der Waals surface area contributed by atoms with E-state index >= 15 is 0 Å². The molecule has 0 N–H and O–H groups in total. The van der Waals surface area contributed by atoms with Crippen molar-refractivity contribution in [2.75, 3.05) is 0 Å². The van der Waals surface area contributed by atoms with E-state index < -0.39 is 0 Å². The number of carbonyl (C=O) groups excluding carboxylic acids is 1. The van der Waals surface area contributed by atoms with Crippen LogP contribution < -0.4 is 0 Å². The van der Waals surface area contributed by atoms with Gasteiger partial charge in [-0.1, -0.05) is 0 Å². The maximum Gasteiger partial charge on any atom is 0.223 e. The highest BCUT2D eigenvalue weighted by Crippen LogP contribution is 2.40. The molecule has 2 heterocycles. The summed E-state index contributed by atoms with van der Waals surface area (Å²) in [7, 11) is 0. The fourth-order valence-electron chi connectivity index (χ4n) is 2.83. The van der Waals surface area contributed by atoms with Crippen LogP contribution in [0, 0.1) is 0 Å². The average molecular weight is 167 g/mol. The fourth-order valence-corrected chi connectivity index (χ4v) is 2.83. The van der Waals surface area contributed by atoms with Crippen molar-refractivity contribution in [3.8, 4) is 0 Å². The summed E-state index contributed by atoms with van der Waals surface area (Å²) in [5, 5.41) is 0. The van der Waals surface area contributed by atoms with Crippen molar-refractivity contribution in [2.24, 2.45) is 0 Å². The Morgan fingerprint density at radius 3 is 2.92 bits per heavy atom. The lowest BCUT2D eigenvalue weighted by Crippen LogP contribution is -2.50. The number of piperidine rings is 1. The molecule has 12 heavy (non-hydrogen) atoms. The molecule has 2 unspecified atom stereocenters. The van der Waals surface area contributed by atoms with Gasteiger partial charge in [0.25, 0.3) is 0 Å². The fraction of sp³-hybridized carbons (Fsp3) is 0.900. The number of hydrogen-bond acceptors (Lipinski definition) is 1. The van der Waals surface area contributed by atoms with E-state index in [4.69, 9.17) is 0 Å². The van der Waals surface area contributed by atoms with E-state index in [9.17, 15) is 4.79 Å². The maximum absolute atomic E-state index is 11.6. The second kappa shape index (κ2) is 2.48. The molecule has 0 saturated carbocycles. The van der Waals surface area contributed by atoms with Crippen molar-refractivity contribution in [1.82, 2.24) is 4.90 Å². The minimum Gasteiger partial charge on any atom is -0.335 e. The largest absolute Gasteiger partial charge is 0.335 e. The van der Waals surface area contributed by atoms with Crippen molar-refractivity contribution in [3.63, 3.8) is 0 Å². The van der Waals surface area contributed by atoms with Crippen molar-refractivity contribution in [3.05, 3.63) is 0 Å². The van der Waals surface area contributed by atoms with Gasteiger partial charge in [0.05, 0.1) is 0 Å². The Balaban J connectivity index is 2.26. The van der Waals surface area contributed by atoms with Gasteiger partial charge in [-0.25, -0.2) is 0 Å². The zero-order valence-corrected chi connectivity index (χ0v) is 7.97. The van der Waals surface area contributed by atoms with Crippen LogP contribution in [0.1, 0.15) is 46.0 Å². The lowest BCUT2D eigenvalue weighted by molar-refractivity contribution is -0.140. The smallest absolute Gasteiger partial charge is 0.223 e. The van der Waals surface area contributed by atoms with Gasteiger partial charge in [0.1, 0.15) is 0 Å². The molecule has 0 aromatic heterocycles. The van der Waals surface area contributed by atoms with Crippen molar-refractivity contribution < 1.29 is 4.79 Å². The predicted molar refractivity (Wildman–Crippen MR) is 47.8 cm³/mol. The number of hydrogen-bond donors (Lipinski definition) is 0. The summed E-state index contributed by atoms with van der Waals surface area (Å²) in [6.45, 7) is 4.42. The van der Waals surface area contributed by atoms with Gasteiger partial charge in [-0.3, -0.25) is 4.79 Å². The first-order valence-corrected chi connectivity index (χ1v) is 4.96. The number of carbonyl (C=O) groups is 1. The van der Waals surface area contributed by atoms with Crippen LogP contribution in [-0.4, -0.2) is 22.4 Å². The minimum absolute atomic E-state index is 0.217. The highest BCUT2D eigenvalue weighted by molar-refractivity contribution is 5.78. The number of amides is 1. The molecular weight excluding hydrogens is 150 g/mol. The topological polar surface area (TPSA) is 20.3 Å². The molecule has 2 aliphatic rings. The molecule has 0 aliphatic carbocycles. The Labute approximate surface area is 73.9 Å². The molecule has 2 nitrogen and oxygen atoms in total.